The normalized spacial score (nSPS) is 18.9. The molecule has 1 unspecified atom stereocenters. The number of hydrogen-bond acceptors (Lipinski definition) is 3. The number of rotatable bonds is 4. The number of anilines is 2. The first-order valence-corrected chi connectivity index (χ1v) is 12.4. The molecule has 1 aromatic heterocycles. The molecular formula is C28H26F4N4. The number of hydrogen-bond donors (Lipinski definition) is 1. The Morgan fingerprint density at radius 3 is 2.25 bits per heavy atom. The first kappa shape index (κ1) is 22.9. The minimum atomic E-state index is -0.612. The molecular weight excluding hydrogens is 468 g/mol. The van der Waals surface area contributed by atoms with Gasteiger partial charge < -0.3 is 14.8 Å². The van der Waals surface area contributed by atoms with Crippen molar-refractivity contribution in [3.8, 4) is 0 Å². The highest BCUT2D eigenvalue weighted by Gasteiger charge is 2.31. The van der Waals surface area contributed by atoms with Crippen LogP contribution in [0, 0.1) is 23.3 Å². The number of benzene rings is 3. The molecule has 36 heavy (non-hydrogen) atoms. The van der Waals surface area contributed by atoms with Gasteiger partial charge in [0.05, 0.1) is 23.4 Å². The Morgan fingerprint density at radius 2 is 1.53 bits per heavy atom. The van der Waals surface area contributed by atoms with Crippen molar-refractivity contribution in [3.63, 3.8) is 0 Å². The van der Waals surface area contributed by atoms with E-state index in [0.29, 0.717) is 48.3 Å². The van der Waals surface area contributed by atoms with Gasteiger partial charge in [0.2, 0.25) is 0 Å². The van der Waals surface area contributed by atoms with E-state index in [1.807, 2.05) is 4.90 Å². The maximum atomic E-state index is 15.4. The molecule has 6 rings (SSSR count). The summed E-state index contributed by atoms with van der Waals surface area (Å²) in [5.74, 6) is -1.62. The second-order valence-electron chi connectivity index (χ2n) is 9.72. The molecule has 2 saturated heterocycles. The Balaban J connectivity index is 1.23. The van der Waals surface area contributed by atoms with Gasteiger partial charge in [-0.3, -0.25) is 0 Å². The highest BCUT2D eigenvalue weighted by Crippen LogP contribution is 2.41. The van der Waals surface area contributed by atoms with Gasteiger partial charge in [0.25, 0.3) is 0 Å². The standard InChI is InChI=1S/C28H26F4N4/c29-19-5-3-17(4-6-19)18-7-10-35(11-8-18)28-23(31)12-20(13-24(28)32)36-9-1-2-27(36)21-14-25-26(15-22(21)30)34-16-33-25/h3-6,12-16,18,27H,1-2,7-11H2,(H,33,34). The van der Waals surface area contributed by atoms with Crippen molar-refractivity contribution < 1.29 is 17.6 Å². The van der Waals surface area contributed by atoms with Gasteiger partial charge in [0.15, 0.2) is 11.6 Å². The molecule has 1 N–H and O–H groups in total. The van der Waals surface area contributed by atoms with E-state index < -0.39 is 11.6 Å². The van der Waals surface area contributed by atoms with Crippen LogP contribution >= 0.6 is 0 Å². The second kappa shape index (κ2) is 9.15. The van der Waals surface area contributed by atoms with E-state index in [1.165, 1.54) is 36.7 Å². The average Bonchev–Trinajstić information content (AvgIpc) is 3.53. The predicted octanol–water partition coefficient (Wildman–Crippen LogP) is 6.84. The van der Waals surface area contributed by atoms with Crippen LogP contribution < -0.4 is 9.80 Å². The maximum Gasteiger partial charge on any atom is 0.151 e. The van der Waals surface area contributed by atoms with E-state index in [-0.39, 0.29) is 29.3 Å². The average molecular weight is 495 g/mol. The fourth-order valence-corrected chi connectivity index (χ4v) is 5.82. The summed E-state index contributed by atoms with van der Waals surface area (Å²) in [4.78, 5) is 10.8. The molecule has 1 atom stereocenters. The van der Waals surface area contributed by atoms with Crippen LogP contribution in [0.5, 0.6) is 0 Å². The first-order chi connectivity index (χ1) is 17.5. The van der Waals surface area contributed by atoms with Crippen molar-refractivity contribution in [2.24, 2.45) is 0 Å². The summed E-state index contributed by atoms with van der Waals surface area (Å²) in [5.41, 5.74) is 3.21. The van der Waals surface area contributed by atoms with Crippen LogP contribution in [0.15, 0.2) is 54.9 Å². The highest BCUT2D eigenvalue weighted by molar-refractivity contribution is 5.76. The summed E-state index contributed by atoms with van der Waals surface area (Å²) >= 11 is 0. The molecule has 2 aliphatic rings. The smallest absolute Gasteiger partial charge is 0.151 e. The summed E-state index contributed by atoms with van der Waals surface area (Å²) in [6.07, 6.45) is 4.47. The first-order valence-electron chi connectivity index (χ1n) is 12.4. The van der Waals surface area contributed by atoms with Crippen LogP contribution in [-0.4, -0.2) is 29.6 Å². The Kier molecular flexibility index (Phi) is 5.82. The van der Waals surface area contributed by atoms with Crippen molar-refractivity contribution in [2.75, 3.05) is 29.4 Å². The number of aromatic amines is 1. The van der Waals surface area contributed by atoms with Crippen molar-refractivity contribution in [3.05, 3.63) is 89.3 Å². The van der Waals surface area contributed by atoms with Gasteiger partial charge in [0.1, 0.15) is 17.3 Å². The lowest BCUT2D eigenvalue weighted by Crippen LogP contribution is -2.34. The molecule has 0 radical (unpaired) electrons. The number of nitrogens with zero attached hydrogens (tertiary/aromatic N) is 3. The van der Waals surface area contributed by atoms with E-state index in [4.69, 9.17) is 0 Å². The molecule has 8 heteroatoms. The van der Waals surface area contributed by atoms with Crippen LogP contribution in [-0.2, 0) is 0 Å². The zero-order valence-corrected chi connectivity index (χ0v) is 19.7. The monoisotopic (exact) mass is 494 g/mol. The SMILES string of the molecule is Fc1ccc(C2CCN(c3c(F)cc(N4CCCC4c4cc5nc[nH]c5cc4F)cc3F)CC2)cc1. The molecule has 2 aliphatic heterocycles. The largest absolute Gasteiger partial charge is 0.367 e. The van der Waals surface area contributed by atoms with Gasteiger partial charge >= 0.3 is 0 Å². The number of imidazole rings is 1. The van der Waals surface area contributed by atoms with Gasteiger partial charge in [-0.1, -0.05) is 12.1 Å². The molecule has 2 fully saturated rings. The molecule has 4 aromatic rings. The molecule has 0 amide bonds. The highest BCUT2D eigenvalue weighted by atomic mass is 19.1. The molecule has 0 spiro atoms. The van der Waals surface area contributed by atoms with E-state index in [0.717, 1.165) is 24.8 Å². The molecule has 3 heterocycles. The predicted molar refractivity (Wildman–Crippen MR) is 132 cm³/mol. The van der Waals surface area contributed by atoms with Gasteiger partial charge in [-0.2, -0.15) is 0 Å². The number of H-pyrrole nitrogens is 1. The second-order valence-corrected chi connectivity index (χ2v) is 9.72. The van der Waals surface area contributed by atoms with Crippen LogP contribution in [0.3, 0.4) is 0 Å². The summed E-state index contributed by atoms with van der Waals surface area (Å²) in [6.45, 7) is 1.61. The Bertz CT molecular complexity index is 1370. The van der Waals surface area contributed by atoms with E-state index in [2.05, 4.69) is 9.97 Å². The summed E-state index contributed by atoms with van der Waals surface area (Å²) in [7, 11) is 0. The molecule has 0 aliphatic carbocycles. The minimum absolute atomic E-state index is 0.0174. The van der Waals surface area contributed by atoms with Gasteiger partial charge in [-0.25, -0.2) is 22.5 Å². The van der Waals surface area contributed by atoms with Crippen molar-refractivity contribution >= 4 is 22.4 Å². The lowest BCUT2D eigenvalue weighted by molar-refractivity contribution is 0.485. The molecule has 186 valence electrons. The molecule has 3 aromatic carbocycles. The third kappa shape index (κ3) is 4.08. The number of halogens is 4. The van der Waals surface area contributed by atoms with Crippen LogP contribution in [0.25, 0.3) is 11.0 Å². The zero-order valence-electron chi connectivity index (χ0n) is 19.7. The third-order valence-electron chi connectivity index (χ3n) is 7.64. The quantitative estimate of drug-likeness (QED) is 0.315. The molecule has 4 nitrogen and oxygen atoms in total. The number of piperidine rings is 1. The van der Waals surface area contributed by atoms with Gasteiger partial charge in [-0.15, -0.1) is 0 Å². The lowest BCUT2D eigenvalue weighted by atomic mass is 9.89. The van der Waals surface area contributed by atoms with Crippen molar-refractivity contribution in [1.29, 1.82) is 0 Å². The summed E-state index contributed by atoms with van der Waals surface area (Å²) in [6, 6.07) is 12.0. The Labute approximate surface area is 206 Å². The molecule has 0 bridgehead atoms. The number of nitrogens with one attached hydrogen (secondary N) is 1. The fourth-order valence-electron chi connectivity index (χ4n) is 5.82. The lowest BCUT2D eigenvalue weighted by Gasteiger charge is -2.35. The van der Waals surface area contributed by atoms with E-state index in [9.17, 15) is 8.78 Å². The summed E-state index contributed by atoms with van der Waals surface area (Å²) in [5, 5.41) is 0. The van der Waals surface area contributed by atoms with Gasteiger partial charge in [-0.05, 0) is 73.6 Å². The third-order valence-corrected chi connectivity index (χ3v) is 7.64. The van der Waals surface area contributed by atoms with E-state index in [1.54, 1.807) is 23.1 Å². The van der Waals surface area contributed by atoms with Crippen LogP contribution in [0.2, 0.25) is 0 Å². The van der Waals surface area contributed by atoms with E-state index >= 15 is 8.78 Å². The number of aromatic nitrogens is 2. The van der Waals surface area contributed by atoms with Gasteiger partial charge in [0, 0.05) is 30.9 Å². The fraction of sp³-hybridized carbons (Fsp3) is 0.321. The topological polar surface area (TPSA) is 35.2 Å². The maximum absolute atomic E-state index is 15.4. The molecule has 0 saturated carbocycles. The summed E-state index contributed by atoms with van der Waals surface area (Å²) < 4.78 is 58.9. The Morgan fingerprint density at radius 1 is 0.806 bits per heavy atom. The van der Waals surface area contributed by atoms with Crippen LogP contribution in [0.1, 0.15) is 48.8 Å². The van der Waals surface area contributed by atoms with Crippen molar-refractivity contribution in [2.45, 2.75) is 37.6 Å². The zero-order chi connectivity index (χ0) is 24.8. The minimum Gasteiger partial charge on any atom is -0.367 e. The van der Waals surface area contributed by atoms with Crippen LogP contribution in [0.4, 0.5) is 28.9 Å². The number of fused-ring (bicyclic) bond motifs is 1. The Hall–Kier alpha value is -3.55. The van der Waals surface area contributed by atoms with Crippen molar-refractivity contribution in [1.82, 2.24) is 9.97 Å².